The Balaban J connectivity index is 2.12. The summed E-state index contributed by atoms with van der Waals surface area (Å²) in [6, 6.07) is 3.95. The van der Waals surface area contributed by atoms with Crippen molar-refractivity contribution in [3.8, 4) is 0 Å². The average molecular weight is 291 g/mol. The molecule has 0 radical (unpaired) electrons. The second-order valence-corrected chi connectivity index (χ2v) is 4.94. The van der Waals surface area contributed by atoms with E-state index < -0.39 is 30.2 Å². The number of carbonyl (C=O) groups excluding carboxylic acids is 2. The molecule has 0 aromatic heterocycles. The monoisotopic (exact) mass is 291 g/mol. The number of fused-ring (bicyclic) bond motifs is 1. The first-order valence-electron chi connectivity index (χ1n) is 6.62. The third-order valence-electron chi connectivity index (χ3n) is 3.36. The molecule has 1 atom stereocenters. The number of primary amides is 1. The molecule has 112 valence electrons. The molecule has 21 heavy (non-hydrogen) atoms. The summed E-state index contributed by atoms with van der Waals surface area (Å²) in [6.45, 7) is 1.58. The molecule has 7 nitrogen and oxygen atoms in total. The maximum Gasteiger partial charge on any atom is 0.326 e. The predicted molar refractivity (Wildman–Crippen MR) is 74.6 cm³/mol. The molecule has 0 saturated heterocycles. The number of nitrogens with one attached hydrogen (secondary N) is 2. The van der Waals surface area contributed by atoms with Crippen LogP contribution in [-0.2, 0) is 22.6 Å². The average Bonchev–Trinajstić information content (AvgIpc) is 2.45. The molecule has 2 amide bonds. The van der Waals surface area contributed by atoms with Crippen molar-refractivity contribution >= 4 is 17.8 Å². The van der Waals surface area contributed by atoms with Gasteiger partial charge in [-0.2, -0.15) is 0 Å². The minimum absolute atomic E-state index is 0.369. The third kappa shape index (κ3) is 3.79. The van der Waals surface area contributed by atoms with Crippen LogP contribution in [0.5, 0.6) is 0 Å². The van der Waals surface area contributed by atoms with Gasteiger partial charge in [-0.05, 0) is 36.2 Å². The lowest BCUT2D eigenvalue weighted by Gasteiger charge is -2.18. The quantitative estimate of drug-likeness (QED) is 0.576. The maximum atomic E-state index is 12.1. The van der Waals surface area contributed by atoms with Crippen molar-refractivity contribution in [3.05, 3.63) is 34.9 Å². The number of carboxylic acids is 1. The van der Waals surface area contributed by atoms with E-state index in [9.17, 15) is 14.4 Å². The summed E-state index contributed by atoms with van der Waals surface area (Å²) in [5.74, 6) is -2.60. The fourth-order valence-corrected chi connectivity index (χ4v) is 2.26. The summed E-state index contributed by atoms with van der Waals surface area (Å²) in [7, 11) is 0. The van der Waals surface area contributed by atoms with Gasteiger partial charge in [0.15, 0.2) is 0 Å². The summed E-state index contributed by atoms with van der Waals surface area (Å²) in [4.78, 5) is 33.9. The van der Waals surface area contributed by atoms with E-state index in [0.29, 0.717) is 12.1 Å². The Hall–Kier alpha value is -2.41. The molecule has 0 unspecified atom stereocenters. The van der Waals surface area contributed by atoms with E-state index in [0.717, 1.165) is 18.5 Å². The molecule has 7 heteroatoms. The van der Waals surface area contributed by atoms with Gasteiger partial charge in [0.2, 0.25) is 5.91 Å². The van der Waals surface area contributed by atoms with Gasteiger partial charge in [-0.25, -0.2) is 4.79 Å². The smallest absolute Gasteiger partial charge is 0.326 e. The van der Waals surface area contributed by atoms with Gasteiger partial charge in [-0.3, -0.25) is 9.59 Å². The maximum absolute atomic E-state index is 12.1. The van der Waals surface area contributed by atoms with E-state index in [-0.39, 0.29) is 0 Å². The topological polar surface area (TPSA) is 122 Å². The molecule has 5 N–H and O–H groups in total. The minimum Gasteiger partial charge on any atom is -0.480 e. The molecule has 0 saturated carbocycles. The first-order chi connectivity index (χ1) is 9.97. The van der Waals surface area contributed by atoms with Crippen LogP contribution in [0.25, 0.3) is 0 Å². The molecule has 1 aliphatic heterocycles. The summed E-state index contributed by atoms with van der Waals surface area (Å²) in [5, 5.41) is 14.5. The summed E-state index contributed by atoms with van der Waals surface area (Å²) in [5.41, 5.74) is 7.55. The van der Waals surface area contributed by atoms with Crippen molar-refractivity contribution in [2.75, 3.05) is 6.54 Å². The molecule has 0 bridgehead atoms. The van der Waals surface area contributed by atoms with Crippen molar-refractivity contribution in [3.63, 3.8) is 0 Å². The van der Waals surface area contributed by atoms with E-state index >= 15 is 0 Å². The predicted octanol–water partition coefficient (Wildman–Crippen LogP) is -0.609. The highest BCUT2D eigenvalue weighted by Gasteiger charge is 2.23. The highest BCUT2D eigenvalue weighted by Crippen LogP contribution is 2.16. The highest BCUT2D eigenvalue weighted by molar-refractivity contribution is 5.97. The van der Waals surface area contributed by atoms with Crippen molar-refractivity contribution < 1.29 is 19.5 Å². The summed E-state index contributed by atoms with van der Waals surface area (Å²) in [6.07, 6.45) is 0.463. The molecule has 1 aromatic carbocycles. The second-order valence-electron chi connectivity index (χ2n) is 4.94. The number of nitrogens with two attached hydrogens (primary N) is 1. The first-order valence-corrected chi connectivity index (χ1v) is 6.62. The van der Waals surface area contributed by atoms with Gasteiger partial charge in [0.05, 0.1) is 6.42 Å². The first kappa shape index (κ1) is 15.0. The molecular formula is C14H17N3O4. The highest BCUT2D eigenvalue weighted by atomic mass is 16.4. The Kier molecular flexibility index (Phi) is 4.54. The number of aliphatic carboxylic acids is 1. The summed E-state index contributed by atoms with van der Waals surface area (Å²) < 4.78 is 0. The largest absolute Gasteiger partial charge is 0.480 e. The lowest BCUT2D eigenvalue weighted by molar-refractivity contribution is -0.140. The van der Waals surface area contributed by atoms with Gasteiger partial charge < -0.3 is 21.5 Å². The van der Waals surface area contributed by atoms with E-state index in [1.54, 1.807) is 12.1 Å². The SMILES string of the molecule is NC(=O)C[C@@H](NC(=O)c1ccc2c(c1)CNCC2)C(=O)O. The van der Waals surface area contributed by atoms with Gasteiger partial charge in [0.25, 0.3) is 5.91 Å². The summed E-state index contributed by atoms with van der Waals surface area (Å²) >= 11 is 0. The van der Waals surface area contributed by atoms with E-state index in [1.165, 1.54) is 5.56 Å². The number of hydrogen-bond acceptors (Lipinski definition) is 4. The van der Waals surface area contributed by atoms with Crippen LogP contribution >= 0.6 is 0 Å². The van der Waals surface area contributed by atoms with Gasteiger partial charge in [0, 0.05) is 12.1 Å². The van der Waals surface area contributed by atoms with E-state index in [4.69, 9.17) is 10.8 Å². The number of benzene rings is 1. The molecule has 1 heterocycles. The minimum atomic E-state index is -1.32. The fourth-order valence-electron chi connectivity index (χ4n) is 2.26. The van der Waals surface area contributed by atoms with Crippen molar-refractivity contribution in [2.24, 2.45) is 5.73 Å². The molecule has 0 aliphatic carbocycles. The van der Waals surface area contributed by atoms with Crippen LogP contribution in [-0.4, -0.2) is 35.5 Å². The molecule has 2 rings (SSSR count). The van der Waals surface area contributed by atoms with Crippen LogP contribution in [0.1, 0.15) is 27.9 Å². The number of carboxylic acid groups (broad SMARTS) is 1. The van der Waals surface area contributed by atoms with Crippen LogP contribution in [0.4, 0.5) is 0 Å². The zero-order valence-electron chi connectivity index (χ0n) is 11.4. The lowest BCUT2D eigenvalue weighted by atomic mass is 9.98. The number of amides is 2. The van der Waals surface area contributed by atoms with Crippen molar-refractivity contribution in [1.29, 1.82) is 0 Å². The van der Waals surface area contributed by atoms with Crippen LogP contribution in [0.3, 0.4) is 0 Å². The molecular weight excluding hydrogens is 274 g/mol. The Bertz CT molecular complexity index is 586. The molecule has 0 spiro atoms. The van der Waals surface area contributed by atoms with Crippen molar-refractivity contribution in [1.82, 2.24) is 10.6 Å². The molecule has 1 aromatic rings. The Labute approximate surface area is 121 Å². The van der Waals surface area contributed by atoms with Crippen molar-refractivity contribution in [2.45, 2.75) is 25.4 Å². The van der Waals surface area contributed by atoms with Gasteiger partial charge in [-0.15, -0.1) is 0 Å². The van der Waals surface area contributed by atoms with Crippen LogP contribution in [0, 0.1) is 0 Å². The van der Waals surface area contributed by atoms with E-state index in [1.807, 2.05) is 6.07 Å². The molecule has 1 aliphatic rings. The Morgan fingerprint density at radius 2 is 2.10 bits per heavy atom. The van der Waals surface area contributed by atoms with Crippen LogP contribution < -0.4 is 16.4 Å². The third-order valence-corrected chi connectivity index (χ3v) is 3.36. The fraction of sp³-hybridized carbons (Fsp3) is 0.357. The van der Waals surface area contributed by atoms with Gasteiger partial charge in [0.1, 0.15) is 6.04 Å². The number of hydrogen-bond donors (Lipinski definition) is 4. The van der Waals surface area contributed by atoms with Crippen LogP contribution in [0.15, 0.2) is 18.2 Å². The molecule has 0 fully saturated rings. The number of carbonyl (C=O) groups is 3. The standard InChI is InChI=1S/C14H17N3O4/c15-12(18)6-11(14(20)21)17-13(19)9-2-1-8-3-4-16-7-10(8)5-9/h1-2,5,11,16H,3-4,6-7H2,(H2,15,18)(H,17,19)(H,20,21)/t11-/m1/s1. The Morgan fingerprint density at radius 1 is 1.33 bits per heavy atom. The van der Waals surface area contributed by atoms with E-state index in [2.05, 4.69) is 10.6 Å². The van der Waals surface area contributed by atoms with Gasteiger partial charge >= 0.3 is 5.97 Å². The number of rotatable bonds is 5. The zero-order valence-corrected chi connectivity index (χ0v) is 11.4. The zero-order chi connectivity index (χ0) is 15.4. The second kappa shape index (κ2) is 6.36. The van der Waals surface area contributed by atoms with Gasteiger partial charge in [-0.1, -0.05) is 6.07 Å². The lowest BCUT2D eigenvalue weighted by Crippen LogP contribution is -2.43. The Morgan fingerprint density at radius 3 is 2.76 bits per heavy atom. The normalized spacial score (nSPS) is 14.9. The van der Waals surface area contributed by atoms with Crippen LogP contribution in [0.2, 0.25) is 0 Å².